The van der Waals surface area contributed by atoms with Crippen molar-refractivity contribution in [1.82, 2.24) is 15.1 Å². The molecule has 0 saturated carbocycles. The molecule has 3 rings (SSSR count). The molecule has 6 atom stereocenters. The lowest BCUT2D eigenvalue weighted by atomic mass is 9.75. The number of nitrogens with zero attached hydrogens (tertiary/aromatic N) is 2. The fraction of sp³-hybridized carbons (Fsp3) is 0.762. The van der Waals surface area contributed by atoms with Crippen LogP contribution in [0.25, 0.3) is 0 Å². The summed E-state index contributed by atoms with van der Waals surface area (Å²) in [5, 5.41) is 3.82. The molecule has 146 valence electrons. The minimum Gasteiger partial charge on any atom is -0.392 e. The number of carbonyl (C=O) groups is 1. The first kappa shape index (κ1) is 19.8. The van der Waals surface area contributed by atoms with Crippen LogP contribution in [0, 0.1) is 23.7 Å². The van der Waals surface area contributed by atoms with Gasteiger partial charge in [-0.25, -0.2) is 0 Å². The normalized spacial score (nSPS) is 35.8. The summed E-state index contributed by atoms with van der Waals surface area (Å²) in [6.07, 6.45) is 1.18. The molecule has 26 heavy (non-hydrogen) atoms. The van der Waals surface area contributed by atoms with Crippen LogP contribution in [0.4, 0.5) is 0 Å². The first-order valence-corrected chi connectivity index (χ1v) is 10.8. The third-order valence-corrected chi connectivity index (χ3v) is 8.45. The summed E-state index contributed by atoms with van der Waals surface area (Å²) >= 11 is 2.03. The fourth-order valence-electron chi connectivity index (χ4n) is 5.22. The third kappa shape index (κ3) is 3.01. The van der Waals surface area contributed by atoms with E-state index in [0.29, 0.717) is 41.0 Å². The number of carbonyl (C=O) groups excluding carboxylic acids is 1. The number of allylic oxidation sites excluding steroid dienone is 1. The molecular weight excluding hydrogens is 342 g/mol. The molecule has 3 heterocycles. The summed E-state index contributed by atoms with van der Waals surface area (Å²) in [6, 6.07) is 0.926. The molecule has 4 nitrogen and oxygen atoms in total. The van der Waals surface area contributed by atoms with E-state index in [4.69, 9.17) is 0 Å². The second-order valence-electron chi connectivity index (χ2n) is 8.75. The van der Waals surface area contributed by atoms with Crippen LogP contribution in [-0.4, -0.2) is 53.7 Å². The number of hydrogen-bond acceptors (Lipinski definition) is 4. The molecule has 3 aliphatic rings. The lowest BCUT2D eigenvalue weighted by Gasteiger charge is -2.47. The van der Waals surface area contributed by atoms with Gasteiger partial charge in [0, 0.05) is 53.0 Å². The van der Waals surface area contributed by atoms with Crippen molar-refractivity contribution in [2.45, 2.75) is 58.4 Å². The van der Waals surface area contributed by atoms with Gasteiger partial charge in [0.1, 0.15) is 0 Å². The second kappa shape index (κ2) is 7.23. The van der Waals surface area contributed by atoms with Gasteiger partial charge in [-0.15, -0.1) is 11.8 Å². The first-order chi connectivity index (χ1) is 12.2. The maximum atomic E-state index is 12.6. The van der Waals surface area contributed by atoms with Crippen LogP contribution in [0.15, 0.2) is 22.9 Å². The van der Waals surface area contributed by atoms with E-state index in [0.717, 1.165) is 12.2 Å². The quantitative estimate of drug-likeness (QED) is 0.719. The van der Waals surface area contributed by atoms with E-state index in [1.807, 2.05) is 18.8 Å². The van der Waals surface area contributed by atoms with E-state index in [9.17, 15) is 4.79 Å². The van der Waals surface area contributed by atoms with Gasteiger partial charge in [-0.1, -0.05) is 34.3 Å². The van der Waals surface area contributed by atoms with E-state index in [2.05, 4.69) is 63.4 Å². The first-order valence-electron chi connectivity index (χ1n) is 9.96. The van der Waals surface area contributed by atoms with Crippen molar-refractivity contribution in [2.24, 2.45) is 23.7 Å². The molecule has 5 heteroatoms. The topological polar surface area (TPSA) is 35.6 Å². The Balaban J connectivity index is 1.69. The average Bonchev–Trinajstić information content (AvgIpc) is 3.03. The predicted molar refractivity (Wildman–Crippen MR) is 111 cm³/mol. The van der Waals surface area contributed by atoms with Crippen molar-refractivity contribution in [3.05, 3.63) is 22.9 Å². The Kier molecular flexibility index (Phi) is 5.51. The monoisotopic (exact) mass is 377 g/mol. The van der Waals surface area contributed by atoms with Crippen LogP contribution in [0.5, 0.6) is 0 Å². The molecule has 0 aliphatic carbocycles. The molecule has 1 amide bonds. The zero-order valence-corrected chi connectivity index (χ0v) is 18.2. The van der Waals surface area contributed by atoms with E-state index < -0.39 is 0 Å². The number of hydrogen-bond donors (Lipinski definition) is 1. The number of thioether (sulfide) groups is 1. The average molecular weight is 378 g/mol. The van der Waals surface area contributed by atoms with E-state index in [1.54, 1.807) is 0 Å². The lowest BCUT2D eigenvalue weighted by molar-refractivity contribution is -0.155. The summed E-state index contributed by atoms with van der Waals surface area (Å²) in [5.74, 6) is 1.89. The molecule has 0 aromatic rings. The second-order valence-corrected chi connectivity index (χ2v) is 10.1. The third-order valence-electron chi connectivity index (χ3n) is 6.85. The van der Waals surface area contributed by atoms with Gasteiger partial charge in [0.2, 0.25) is 5.91 Å². The van der Waals surface area contributed by atoms with Crippen LogP contribution in [0.2, 0.25) is 0 Å². The molecule has 2 saturated heterocycles. The highest BCUT2D eigenvalue weighted by Crippen LogP contribution is 2.52. The van der Waals surface area contributed by atoms with Crippen LogP contribution >= 0.6 is 11.8 Å². The Morgan fingerprint density at radius 1 is 1.35 bits per heavy atom. The van der Waals surface area contributed by atoms with Crippen molar-refractivity contribution < 1.29 is 4.79 Å². The van der Waals surface area contributed by atoms with Crippen LogP contribution in [0.3, 0.4) is 0 Å². The summed E-state index contributed by atoms with van der Waals surface area (Å²) < 4.78 is 0. The summed E-state index contributed by atoms with van der Waals surface area (Å²) in [4.78, 5) is 18.6. The Hall–Kier alpha value is -0.940. The van der Waals surface area contributed by atoms with Gasteiger partial charge in [0.15, 0.2) is 0 Å². The summed E-state index contributed by atoms with van der Waals surface area (Å²) in [5.41, 5.74) is 2.33. The number of likely N-dealkylation sites (tertiary alicyclic amines) is 1. The molecule has 0 bridgehead atoms. The van der Waals surface area contributed by atoms with Crippen LogP contribution in [0.1, 0.15) is 41.0 Å². The number of nitrogens with one attached hydrogen (secondary N) is 1. The van der Waals surface area contributed by atoms with E-state index >= 15 is 0 Å². The standard InChI is InChI=1S/C21H35N3OS/c1-11(2)18-19-13(4)20(15(6)24(19)21(18)25)26-16-9-17(23(8)10-16)12(3)14(5)22-7/h11-13,16-19,22H,5,9-10H2,1-4,6-8H3/t12?,13-,16+,17+,18-,19-/m1/s1. The highest BCUT2D eigenvalue weighted by molar-refractivity contribution is 8.03. The number of fused-ring (bicyclic) bond motifs is 1. The molecule has 0 aromatic heterocycles. The van der Waals surface area contributed by atoms with E-state index in [1.165, 1.54) is 17.0 Å². The van der Waals surface area contributed by atoms with Crippen molar-refractivity contribution in [2.75, 3.05) is 20.6 Å². The molecule has 0 radical (unpaired) electrons. The highest BCUT2D eigenvalue weighted by Gasteiger charge is 2.56. The maximum Gasteiger partial charge on any atom is 0.232 e. The van der Waals surface area contributed by atoms with E-state index in [-0.39, 0.29) is 5.92 Å². The van der Waals surface area contributed by atoms with Gasteiger partial charge in [0.05, 0.1) is 12.0 Å². The van der Waals surface area contributed by atoms with Gasteiger partial charge in [0.25, 0.3) is 0 Å². The number of rotatable bonds is 6. The molecule has 3 aliphatic heterocycles. The minimum atomic E-state index is 0.205. The fourth-order valence-corrected chi connectivity index (χ4v) is 6.81. The molecule has 1 N–H and O–H groups in total. The Morgan fingerprint density at radius 2 is 2.00 bits per heavy atom. The molecular formula is C21H35N3OS. The van der Waals surface area contributed by atoms with Gasteiger partial charge >= 0.3 is 0 Å². The highest BCUT2D eigenvalue weighted by atomic mass is 32.2. The molecule has 1 unspecified atom stereocenters. The predicted octanol–water partition coefficient (Wildman–Crippen LogP) is 3.53. The molecule has 2 fully saturated rings. The van der Waals surface area contributed by atoms with Crippen molar-refractivity contribution >= 4 is 17.7 Å². The van der Waals surface area contributed by atoms with Crippen LogP contribution in [-0.2, 0) is 4.79 Å². The smallest absolute Gasteiger partial charge is 0.232 e. The van der Waals surface area contributed by atoms with Crippen LogP contribution < -0.4 is 5.32 Å². The number of amides is 1. The van der Waals surface area contributed by atoms with Gasteiger partial charge in [-0.2, -0.15) is 0 Å². The largest absolute Gasteiger partial charge is 0.392 e. The SMILES string of the molecule is C=C(NC)C(C)[C@@H]1C[C@H](SC2=C(C)N3C(=O)[C@H](C(C)C)[C@H]3[C@H]2C)CN1C. The molecule has 0 spiro atoms. The Labute approximate surface area is 163 Å². The Morgan fingerprint density at radius 3 is 2.58 bits per heavy atom. The van der Waals surface area contributed by atoms with Gasteiger partial charge in [-0.3, -0.25) is 4.79 Å². The van der Waals surface area contributed by atoms with Crippen molar-refractivity contribution in [3.8, 4) is 0 Å². The minimum absolute atomic E-state index is 0.205. The zero-order valence-electron chi connectivity index (χ0n) is 17.4. The zero-order chi connectivity index (χ0) is 19.3. The van der Waals surface area contributed by atoms with Crippen molar-refractivity contribution in [1.29, 1.82) is 0 Å². The lowest BCUT2D eigenvalue weighted by Crippen LogP contribution is -2.61. The van der Waals surface area contributed by atoms with Gasteiger partial charge in [-0.05, 0) is 26.3 Å². The molecule has 0 aromatic carbocycles. The number of β-lactam (4-membered cyclic amide) rings is 1. The summed E-state index contributed by atoms with van der Waals surface area (Å²) in [7, 11) is 4.19. The summed E-state index contributed by atoms with van der Waals surface area (Å²) in [6.45, 7) is 16.4. The maximum absolute atomic E-state index is 12.6. The Bertz CT molecular complexity index is 629. The van der Waals surface area contributed by atoms with Gasteiger partial charge < -0.3 is 15.1 Å². The van der Waals surface area contributed by atoms with Crippen molar-refractivity contribution in [3.63, 3.8) is 0 Å².